The van der Waals surface area contributed by atoms with Gasteiger partial charge < -0.3 is 26.7 Å². The van der Waals surface area contributed by atoms with Gasteiger partial charge in [-0.15, -0.1) is 12.2 Å². The summed E-state index contributed by atoms with van der Waals surface area (Å²) in [6.45, 7) is 2.95. The first kappa shape index (κ1) is 20.4. The van der Waals surface area contributed by atoms with E-state index in [1.165, 1.54) is 19.3 Å². The highest BCUT2D eigenvalue weighted by atomic mass is 15.0. The van der Waals surface area contributed by atoms with Crippen LogP contribution in [0.15, 0.2) is 48.4 Å². The van der Waals surface area contributed by atoms with Crippen molar-refractivity contribution in [3.05, 3.63) is 76.4 Å². The third kappa shape index (κ3) is 5.62. The lowest BCUT2D eigenvalue weighted by Crippen LogP contribution is -2.24. The summed E-state index contributed by atoms with van der Waals surface area (Å²) < 4.78 is 0. The van der Waals surface area contributed by atoms with Gasteiger partial charge in [-0.1, -0.05) is 42.5 Å². The second-order valence-electron chi connectivity index (χ2n) is 7.93. The summed E-state index contributed by atoms with van der Waals surface area (Å²) in [5, 5.41) is 11.5. The van der Waals surface area contributed by atoms with Gasteiger partial charge in [-0.05, 0) is 68.2 Å². The van der Waals surface area contributed by atoms with Gasteiger partial charge in [0.15, 0.2) is 0 Å². The summed E-state index contributed by atoms with van der Waals surface area (Å²) >= 11 is 0. The molecule has 6 nitrogen and oxygen atoms in total. The molecule has 0 aliphatic carbocycles. The second kappa shape index (κ2) is 10.3. The van der Waals surface area contributed by atoms with E-state index in [2.05, 4.69) is 62.3 Å². The second-order valence-corrected chi connectivity index (χ2v) is 7.93. The highest BCUT2D eigenvalue weighted by molar-refractivity contribution is 5.68. The molecule has 2 unspecified atom stereocenters. The molecule has 0 spiro atoms. The molecule has 5 N–H and O–H groups in total. The van der Waals surface area contributed by atoms with Crippen LogP contribution in [0.1, 0.15) is 54.4 Å². The Morgan fingerprint density at radius 2 is 1.80 bits per heavy atom. The van der Waals surface area contributed by atoms with Gasteiger partial charge in [0, 0.05) is 0 Å². The van der Waals surface area contributed by atoms with Gasteiger partial charge in [0.25, 0.3) is 0 Å². The first-order chi connectivity index (χ1) is 14.8. The number of nitrogens with zero attached hydrogens (tertiary/aromatic N) is 2. The lowest BCUT2D eigenvalue weighted by Gasteiger charge is -2.26. The number of hydrogen-bond acceptors (Lipinski definition) is 4. The Labute approximate surface area is 178 Å². The van der Waals surface area contributed by atoms with Gasteiger partial charge in [-0.2, -0.15) is 0 Å². The summed E-state index contributed by atoms with van der Waals surface area (Å²) in [5.41, 5.74) is 9.85. The molecule has 2 saturated heterocycles. The highest BCUT2D eigenvalue weighted by Gasteiger charge is 2.18. The Balaban J connectivity index is 1.29. The maximum Gasteiger partial charge on any atom is 0.123 e. The van der Waals surface area contributed by atoms with Crippen LogP contribution in [0.4, 0.5) is 0 Å². The van der Waals surface area contributed by atoms with Crippen molar-refractivity contribution < 1.29 is 0 Å². The number of hydrogen-bond donors (Lipinski definition) is 4. The fraction of sp³-hybridized carbons (Fsp3) is 0.375. The van der Waals surface area contributed by atoms with Crippen LogP contribution in [-0.2, 0) is 0 Å². The van der Waals surface area contributed by atoms with E-state index in [9.17, 15) is 0 Å². The lowest BCUT2D eigenvalue weighted by molar-refractivity contribution is 0.612. The number of aromatic amines is 1. The molecule has 2 fully saturated rings. The monoisotopic (exact) mass is 403 g/mol. The Bertz CT molecular complexity index is 881. The third-order valence-electron chi connectivity index (χ3n) is 5.67. The van der Waals surface area contributed by atoms with Crippen molar-refractivity contribution in [1.82, 2.24) is 20.6 Å². The SMILES string of the molecule is N/C=C(/C=C/c1ccc(/C=C/c2cnc(C3CCCN3)[nH]2)cc1)[N-]CC1CCCN1. The van der Waals surface area contributed by atoms with E-state index in [0.29, 0.717) is 12.1 Å². The molecule has 0 bridgehead atoms. The molecule has 30 heavy (non-hydrogen) atoms. The van der Waals surface area contributed by atoms with Crippen LogP contribution in [0, 0.1) is 0 Å². The maximum absolute atomic E-state index is 5.73. The van der Waals surface area contributed by atoms with Crippen LogP contribution in [0.3, 0.4) is 0 Å². The van der Waals surface area contributed by atoms with Crippen LogP contribution in [0.5, 0.6) is 0 Å². The Kier molecular flexibility index (Phi) is 7.00. The van der Waals surface area contributed by atoms with Crippen molar-refractivity contribution in [2.24, 2.45) is 5.73 Å². The minimum Gasteiger partial charge on any atom is -0.682 e. The van der Waals surface area contributed by atoms with E-state index >= 15 is 0 Å². The van der Waals surface area contributed by atoms with Gasteiger partial charge in [-0.25, -0.2) is 4.98 Å². The molecule has 4 rings (SSSR count). The predicted molar refractivity (Wildman–Crippen MR) is 124 cm³/mol. The molecule has 0 radical (unpaired) electrons. The molecule has 0 amide bonds. The molecule has 3 heterocycles. The van der Waals surface area contributed by atoms with E-state index in [0.717, 1.165) is 54.4 Å². The number of benzene rings is 1. The van der Waals surface area contributed by atoms with Crippen molar-refractivity contribution >= 4 is 18.2 Å². The van der Waals surface area contributed by atoms with Crippen molar-refractivity contribution in [2.75, 3.05) is 19.6 Å². The first-order valence-electron chi connectivity index (χ1n) is 10.9. The molecule has 2 aliphatic rings. The molecule has 1 aromatic carbocycles. The van der Waals surface area contributed by atoms with Crippen LogP contribution in [-0.4, -0.2) is 35.6 Å². The van der Waals surface area contributed by atoms with Gasteiger partial charge in [-0.3, -0.25) is 0 Å². The summed E-state index contributed by atoms with van der Waals surface area (Å²) in [6, 6.07) is 9.27. The molecule has 6 heteroatoms. The van der Waals surface area contributed by atoms with Gasteiger partial charge in [0.05, 0.1) is 17.9 Å². The van der Waals surface area contributed by atoms with Crippen molar-refractivity contribution in [3.8, 4) is 0 Å². The van der Waals surface area contributed by atoms with E-state index in [1.807, 2.05) is 18.3 Å². The molecule has 0 saturated carbocycles. The number of nitrogens with one attached hydrogen (secondary N) is 3. The molecule has 2 aliphatic heterocycles. The smallest absolute Gasteiger partial charge is 0.123 e. The minimum atomic E-state index is 0.367. The molecule has 158 valence electrons. The van der Waals surface area contributed by atoms with Gasteiger partial charge in [0.1, 0.15) is 5.82 Å². The topological polar surface area (TPSA) is 92.9 Å². The normalized spacial score (nSPS) is 22.5. The Hall–Kier alpha value is -2.83. The molecule has 2 atom stereocenters. The zero-order valence-corrected chi connectivity index (χ0v) is 17.3. The Morgan fingerprint density at radius 3 is 2.50 bits per heavy atom. The summed E-state index contributed by atoms with van der Waals surface area (Å²) in [5.74, 6) is 1.03. The standard InChI is InChI=1S/C24H31N6/c25-15-20(28-16-21-3-1-13-26-21)11-9-18-5-7-19(8-6-18)10-12-22-17-29-24(30-22)23-4-2-14-27-23/h5-12,15,17,21,23,26-27H,1-4,13-14,16,25H2,(H,29,30)/q-1/b11-9+,12-10+,20-15-. The third-order valence-corrected chi connectivity index (χ3v) is 5.67. The van der Waals surface area contributed by atoms with E-state index < -0.39 is 0 Å². The van der Waals surface area contributed by atoms with E-state index in [-0.39, 0.29) is 0 Å². The van der Waals surface area contributed by atoms with Crippen LogP contribution < -0.4 is 16.4 Å². The molecule has 2 aromatic rings. The fourth-order valence-electron chi connectivity index (χ4n) is 3.91. The Morgan fingerprint density at radius 1 is 1.03 bits per heavy atom. The van der Waals surface area contributed by atoms with Crippen molar-refractivity contribution in [3.63, 3.8) is 0 Å². The molecule has 1 aromatic heterocycles. The lowest BCUT2D eigenvalue weighted by atomic mass is 10.1. The number of nitrogens with two attached hydrogens (primary N) is 1. The quantitative estimate of drug-likeness (QED) is 0.502. The largest absolute Gasteiger partial charge is 0.682 e. The number of rotatable bonds is 8. The van der Waals surface area contributed by atoms with E-state index in [4.69, 9.17) is 5.73 Å². The van der Waals surface area contributed by atoms with E-state index in [1.54, 1.807) is 6.20 Å². The predicted octanol–water partition coefficient (Wildman–Crippen LogP) is 3.94. The van der Waals surface area contributed by atoms with Crippen LogP contribution in [0.25, 0.3) is 23.5 Å². The number of H-pyrrole nitrogens is 1. The summed E-state index contributed by atoms with van der Waals surface area (Å²) in [7, 11) is 0. The van der Waals surface area contributed by atoms with Gasteiger partial charge in [0.2, 0.25) is 0 Å². The maximum atomic E-state index is 5.73. The average molecular weight is 404 g/mol. The van der Waals surface area contributed by atoms with Gasteiger partial charge >= 0.3 is 0 Å². The molecular weight excluding hydrogens is 372 g/mol. The first-order valence-corrected chi connectivity index (χ1v) is 10.9. The highest BCUT2D eigenvalue weighted by Crippen LogP contribution is 2.21. The zero-order chi connectivity index (χ0) is 20.6. The summed E-state index contributed by atoms with van der Waals surface area (Å²) in [4.78, 5) is 7.91. The number of imidazole rings is 1. The van der Waals surface area contributed by atoms with Crippen LogP contribution in [0.2, 0.25) is 0 Å². The average Bonchev–Trinajstić information content (AvgIpc) is 3.55. The zero-order valence-electron chi connectivity index (χ0n) is 17.3. The summed E-state index contributed by atoms with van der Waals surface area (Å²) in [6.07, 6.45) is 16.5. The number of allylic oxidation sites excluding steroid dienone is 1. The van der Waals surface area contributed by atoms with Crippen LogP contribution >= 0.6 is 0 Å². The fourth-order valence-corrected chi connectivity index (χ4v) is 3.91. The van der Waals surface area contributed by atoms with Crippen molar-refractivity contribution in [2.45, 2.75) is 37.8 Å². The van der Waals surface area contributed by atoms with Crippen molar-refractivity contribution in [1.29, 1.82) is 0 Å². The minimum absolute atomic E-state index is 0.367. The number of aromatic nitrogens is 2. The molecular formula is C24H31N6-.